The van der Waals surface area contributed by atoms with Crippen molar-refractivity contribution >= 4 is 83.1 Å². The molecule has 43 heavy (non-hydrogen) atoms. The molecule has 0 atom stereocenters. The van der Waals surface area contributed by atoms with Gasteiger partial charge in [0.1, 0.15) is 12.8 Å². The smallest absolute Gasteiger partial charge is 0.147 e. The van der Waals surface area contributed by atoms with Crippen LogP contribution in [-0.4, -0.2) is 22.7 Å². The Morgan fingerprint density at radius 3 is 1.93 bits per heavy atom. The fourth-order valence-electron chi connectivity index (χ4n) is 6.95. The van der Waals surface area contributed by atoms with Crippen molar-refractivity contribution in [1.82, 2.24) is 9.38 Å². The Bertz CT molecular complexity index is 2680. The van der Waals surface area contributed by atoms with E-state index >= 15 is 0 Å². The van der Waals surface area contributed by atoms with Gasteiger partial charge in [0.2, 0.25) is 0 Å². The number of pyridine rings is 1. The first-order chi connectivity index (χ1) is 21.0. The minimum absolute atomic E-state index is 0.910. The molecule has 4 heteroatoms. The summed E-state index contributed by atoms with van der Waals surface area (Å²) in [6, 6.07) is 45.5. The molecular formula is C39H27N2OP. The van der Waals surface area contributed by atoms with Crippen LogP contribution in [0.1, 0.15) is 0 Å². The van der Waals surface area contributed by atoms with Crippen LogP contribution in [0.3, 0.4) is 0 Å². The van der Waals surface area contributed by atoms with Gasteiger partial charge in [-0.3, -0.25) is 4.40 Å². The topological polar surface area (TPSA) is 34.4 Å². The average molecular weight is 571 g/mol. The third-order valence-corrected chi connectivity index (χ3v) is 10.5. The van der Waals surface area contributed by atoms with Crippen LogP contribution in [0, 0.1) is 0 Å². The van der Waals surface area contributed by atoms with Crippen molar-refractivity contribution in [3.8, 4) is 11.1 Å². The second-order valence-electron chi connectivity index (χ2n) is 11.9. The lowest BCUT2D eigenvalue weighted by Gasteiger charge is -2.16. The van der Waals surface area contributed by atoms with Crippen molar-refractivity contribution in [1.29, 1.82) is 0 Å². The lowest BCUT2D eigenvalue weighted by atomic mass is 9.91. The molecule has 9 rings (SSSR count). The van der Waals surface area contributed by atoms with Crippen LogP contribution < -0.4 is 5.30 Å². The minimum atomic E-state index is -2.36. The van der Waals surface area contributed by atoms with Crippen molar-refractivity contribution < 1.29 is 4.57 Å². The molecule has 0 saturated carbocycles. The lowest BCUT2D eigenvalue weighted by molar-refractivity contribution is 0.588. The van der Waals surface area contributed by atoms with E-state index in [9.17, 15) is 4.57 Å². The van der Waals surface area contributed by atoms with Gasteiger partial charge in [-0.2, -0.15) is 0 Å². The molecule has 0 fully saturated rings. The van der Waals surface area contributed by atoms with Crippen LogP contribution in [-0.2, 0) is 4.57 Å². The van der Waals surface area contributed by atoms with Gasteiger partial charge in [0.05, 0.1) is 16.6 Å². The van der Waals surface area contributed by atoms with Gasteiger partial charge in [-0.25, -0.2) is 4.98 Å². The normalized spacial score (nSPS) is 12.5. The molecule has 0 aliphatic carbocycles. The number of imidazole rings is 1. The van der Waals surface area contributed by atoms with Gasteiger partial charge >= 0.3 is 0 Å². The Morgan fingerprint density at radius 1 is 0.535 bits per heavy atom. The Hall–Kier alpha value is -4.98. The van der Waals surface area contributed by atoms with Crippen LogP contribution >= 0.6 is 7.14 Å². The maximum atomic E-state index is 12.8. The molecule has 2 heterocycles. The van der Waals surface area contributed by atoms with Crippen LogP contribution in [0.2, 0.25) is 0 Å². The molecule has 0 radical (unpaired) electrons. The van der Waals surface area contributed by atoms with Gasteiger partial charge in [-0.1, -0.05) is 97.1 Å². The van der Waals surface area contributed by atoms with E-state index < -0.39 is 7.14 Å². The molecule has 2 aromatic heterocycles. The fourth-order valence-corrected chi connectivity index (χ4v) is 7.83. The Kier molecular flexibility index (Phi) is 5.02. The summed E-state index contributed by atoms with van der Waals surface area (Å²) in [5.41, 5.74) is 6.47. The summed E-state index contributed by atoms with van der Waals surface area (Å²) in [6.45, 7) is 3.67. The standard InChI is InChI=1S/C39H27N2OP/c1-43(2,42)28-19-17-24-15-16-25(21-27(24)22-28)26-18-20-33-36(23-26)41-35-14-8-7-13-34(35)40-39(41)38-32-12-6-4-10-30(32)29-9-3-5-11-31(29)37(33)38/h3-23H,1-2H3. The van der Waals surface area contributed by atoms with Crippen molar-refractivity contribution in [3.05, 3.63) is 127 Å². The van der Waals surface area contributed by atoms with Gasteiger partial charge in [0, 0.05) is 21.5 Å². The maximum absolute atomic E-state index is 12.8. The maximum Gasteiger partial charge on any atom is 0.147 e. The van der Waals surface area contributed by atoms with Gasteiger partial charge in [-0.05, 0) is 87.1 Å². The summed E-state index contributed by atoms with van der Waals surface area (Å²) in [4.78, 5) is 5.26. The highest BCUT2D eigenvalue weighted by Crippen LogP contribution is 2.43. The number of fused-ring (bicyclic) bond motifs is 14. The van der Waals surface area contributed by atoms with E-state index in [1.54, 1.807) is 0 Å². The predicted octanol–water partition coefficient (Wildman–Crippen LogP) is 10.2. The van der Waals surface area contributed by atoms with Gasteiger partial charge in [0.15, 0.2) is 0 Å². The summed E-state index contributed by atoms with van der Waals surface area (Å²) >= 11 is 0. The Labute approximate surface area is 248 Å². The van der Waals surface area contributed by atoms with E-state index in [0.717, 1.165) is 49.4 Å². The predicted molar refractivity (Wildman–Crippen MR) is 185 cm³/mol. The van der Waals surface area contributed by atoms with E-state index in [-0.39, 0.29) is 0 Å². The molecular weight excluding hydrogens is 543 g/mol. The number of benzene rings is 7. The third-order valence-electron chi connectivity index (χ3n) is 9.00. The highest BCUT2D eigenvalue weighted by Gasteiger charge is 2.19. The van der Waals surface area contributed by atoms with E-state index in [0.29, 0.717) is 0 Å². The van der Waals surface area contributed by atoms with Gasteiger partial charge in [0.25, 0.3) is 0 Å². The molecule has 0 saturated heterocycles. The van der Waals surface area contributed by atoms with E-state index in [1.807, 2.05) is 19.4 Å². The van der Waals surface area contributed by atoms with E-state index in [4.69, 9.17) is 4.98 Å². The van der Waals surface area contributed by atoms with Crippen molar-refractivity contribution in [2.45, 2.75) is 0 Å². The number of nitrogens with zero attached hydrogens (tertiary/aromatic N) is 2. The molecule has 0 N–H and O–H groups in total. The number of aromatic nitrogens is 2. The number of hydrogen-bond donors (Lipinski definition) is 0. The van der Waals surface area contributed by atoms with Crippen molar-refractivity contribution in [2.75, 3.05) is 13.3 Å². The molecule has 0 amide bonds. The van der Waals surface area contributed by atoms with Crippen LogP contribution in [0.25, 0.3) is 81.8 Å². The molecule has 0 aliphatic heterocycles. The van der Waals surface area contributed by atoms with Crippen LogP contribution in [0.5, 0.6) is 0 Å². The molecule has 0 spiro atoms. The summed E-state index contributed by atoms with van der Waals surface area (Å²) in [7, 11) is -2.36. The SMILES string of the molecule is CP(C)(=O)c1ccc2ccc(-c3ccc4c5c6ccccc6c6ccccc6c5c5nc6ccccc6n5c4c3)cc2c1. The first-order valence-electron chi connectivity index (χ1n) is 14.6. The first-order valence-corrected chi connectivity index (χ1v) is 17.2. The Morgan fingerprint density at radius 2 is 1.16 bits per heavy atom. The first kappa shape index (κ1) is 24.6. The average Bonchev–Trinajstić information content (AvgIpc) is 3.43. The zero-order valence-corrected chi connectivity index (χ0v) is 24.8. The highest BCUT2D eigenvalue weighted by molar-refractivity contribution is 7.70. The minimum Gasteiger partial charge on any atom is -0.319 e. The quantitative estimate of drug-likeness (QED) is 0.153. The van der Waals surface area contributed by atoms with Crippen LogP contribution in [0.15, 0.2) is 127 Å². The van der Waals surface area contributed by atoms with Gasteiger partial charge in [-0.15, -0.1) is 0 Å². The molecule has 0 aliphatic rings. The second kappa shape index (κ2) is 8.77. The zero-order valence-electron chi connectivity index (χ0n) is 23.9. The highest BCUT2D eigenvalue weighted by atomic mass is 31.2. The summed E-state index contributed by atoms with van der Waals surface area (Å²) in [5, 5.41) is 11.8. The Balaban J connectivity index is 1.44. The van der Waals surface area contributed by atoms with Crippen molar-refractivity contribution in [3.63, 3.8) is 0 Å². The summed E-state index contributed by atoms with van der Waals surface area (Å²) in [6.07, 6.45) is 0. The van der Waals surface area contributed by atoms with E-state index in [2.05, 4.69) is 126 Å². The number of hydrogen-bond acceptors (Lipinski definition) is 2. The fraction of sp³-hybridized carbons (Fsp3) is 0.0513. The number of rotatable bonds is 2. The lowest BCUT2D eigenvalue weighted by Crippen LogP contribution is -2.01. The zero-order chi connectivity index (χ0) is 28.9. The van der Waals surface area contributed by atoms with Crippen LogP contribution in [0.4, 0.5) is 0 Å². The molecule has 0 bridgehead atoms. The molecule has 0 unspecified atom stereocenters. The molecule has 9 aromatic rings. The number of para-hydroxylation sites is 2. The third kappa shape index (κ3) is 3.55. The monoisotopic (exact) mass is 570 g/mol. The van der Waals surface area contributed by atoms with Crippen molar-refractivity contribution in [2.24, 2.45) is 0 Å². The second-order valence-corrected chi connectivity index (χ2v) is 15.1. The largest absolute Gasteiger partial charge is 0.319 e. The molecule has 204 valence electrons. The molecule has 7 aromatic carbocycles. The summed E-state index contributed by atoms with van der Waals surface area (Å²) in [5.74, 6) is 0. The van der Waals surface area contributed by atoms with Gasteiger partial charge < -0.3 is 4.57 Å². The molecule has 3 nitrogen and oxygen atoms in total. The summed E-state index contributed by atoms with van der Waals surface area (Å²) < 4.78 is 15.2. The van der Waals surface area contributed by atoms with E-state index in [1.165, 1.54) is 37.7 Å².